The summed E-state index contributed by atoms with van der Waals surface area (Å²) >= 11 is 5.97. The highest BCUT2D eigenvalue weighted by atomic mass is 35.5. The Kier molecular flexibility index (Phi) is 6.11. The maximum atomic E-state index is 11.7. The molecule has 0 aliphatic carbocycles. The molecule has 0 aliphatic rings. The molecule has 0 bridgehead atoms. The van der Waals surface area contributed by atoms with Gasteiger partial charge in [-0.2, -0.15) is 0 Å². The Morgan fingerprint density at radius 2 is 1.76 bits per heavy atom. The number of nitrogens with one attached hydrogen (secondary N) is 1. The van der Waals surface area contributed by atoms with Gasteiger partial charge in [0, 0.05) is 19.0 Å². The van der Waals surface area contributed by atoms with Crippen LogP contribution in [-0.2, 0) is 9.59 Å². The molecule has 0 aromatic heterocycles. The zero-order valence-corrected chi connectivity index (χ0v) is 12.5. The van der Waals surface area contributed by atoms with E-state index in [9.17, 15) is 14.4 Å². The first-order chi connectivity index (χ1) is 9.92. The lowest BCUT2D eigenvalue weighted by molar-refractivity contribution is -0.121. The number of Topliss-reactive ketones (excluding diaryl/α,β-unsaturated/α-hetero) is 2. The van der Waals surface area contributed by atoms with Gasteiger partial charge >= 0.3 is 5.97 Å². The smallest absolute Gasteiger partial charge is 0.337 e. The second kappa shape index (κ2) is 7.59. The Morgan fingerprint density at radius 3 is 2.24 bits per heavy atom. The van der Waals surface area contributed by atoms with Crippen LogP contribution in [0.5, 0.6) is 0 Å². The van der Waals surface area contributed by atoms with Gasteiger partial charge in [0.15, 0.2) is 11.6 Å². The average molecular weight is 310 g/mol. The molecule has 1 aromatic carbocycles. The summed E-state index contributed by atoms with van der Waals surface area (Å²) in [4.78, 5) is 34.5. The van der Waals surface area contributed by atoms with Gasteiger partial charge in [-0.05, 0) is 12.1 Å². The van der Waals surface area contributed by atoms with Crippen LogP contribution in [0.25, 0.3) is 0 Å². The van der Waals surface area contributed by atoms with Gasteiger partial charge in [0.1, 0.15) is 0 Å². The lowest BCUT2D eigenvalue weighted by Gasteiger charge is -2.08. The number of aromatic carboxylic acids is 1. The molecule has 0 spiro atoms. The molecule has 0 atom stereocenters. The van der Waals surface area contributed by atoms with E-state index in [0.717, 1.165) is 0 Å². The summed E-state index contributed by atoms with van der Waals surface area (Å²) in [6, 6.07) is 4.46. The largest absolute Gasteiger partial charge is 0.478 e. The summed E-state index contributed by atoms with van der Waals surface area (Å²) in [5.41, 5.74) is 0.318. The van der Waals surface area contributed by atoms with Crippen molar-refractivity contribution in [1.82, 2.24) is 0 Å². The van der Waals surface area contributed by atoms with Gasteiger partial charge in [0.05, 0.1) is 21.8 Å². The summed E-state index contributed by atoms with van der Waals surface area (Å²) in [6.07, 6.45) is 1.70. The van der Waals surface area contributed by atoms with Crippen molar-refractivity contribution in [2.75, 3.05) is 5.32 Å². The fourth-order valence-electron chi connectivity index (χ4n) is 1.66. The van der Waals surface area contributed by atoms with E-state index in [4.69, 9.17) is 16.7 Å². The van der Waals surface area contributed by atoms with Gasteiger partial charge in [-0.25, -0.2) is 4.79 Å². The Bertz CT molecular complexity index is 590. The molecule has 0 aliphatic heterocycles. The highest BCUT2D eigenvalue weighted by molar-refractivity contribution is 6.36. The first-order valence-corrected chi connectivity index (χ1v) is 6.85. The normalized spacial score (nSPS) is 9.86. The summed E-state index contributed by atoms with van der Waals surface area (Å²) in [5, 5.41) is 11.7. The number of ketones is 2. The van der Waals surface area contributed by atoms with Crippen LogP contribution >= 0.6 is 11.6 Å². The fraction of sp³-hybridized carbons (Fsp3) is 0.267. The number of allylic oxidation sites excluding steroid dienone is 1. The maximum Gasteiger partial charge on any atom is 0.337 e. The van der Waals surface area contributed by atoms with Crippen molar-refractivity contribution in [1.29, 1.82) is 0 Å². The lowest BCUT2D eigenvalue weighted by Crippen LogP contribution is -2.13. The standard InChI is InChI=1S/C15H16ClNO4/c1-3-12(18)10(13(19)4-2)8-17-11-7-5-6-9(14(11)16)15(20)21/h5-8,17H,3-4H2,1-2H3,(H,20,21). The predicted octanol–water partition coefficient (Wildman–Crippen LogP) is 3.29. The number of hydrogen-bond acceptors (Lipinski definition) is 4. The third kappa shape index (κ3) is 4.16. The van der Waals surface area contributed by atoms with Crippen LogP contribution in [0.15, 0.2) is 30.0 Å². The molecule has 2 N–H and O–H groups in total. The molecule has 0 unspecified atom stereocenters. The molecule has 1 rings (SSSR count). The Labute approximate surface area is 127 Å². The van der Waals surface area contributed by atoms with Crippen LogP contribution in [0, 0.1) is 0 Å². The van der Waals surface area contributed by atoms with Crippen molar-refractivity contribution in [2.45, 2.75) is 26.7 Å². The molecule has 0 heterocycles. The molecule has 1 aromatic rings. The van der Waals surface area contributed by atoms with Gasteiger partial charge in [-0.1, -0.05) is 31.5 Å². The Hall–Kier alpha value is -2.14. The number of carbonyl (C=O) groups is 3. The number of halogens is 1. The minimum Gasteiger partial charge on any atom is -0.478 e. The number of carboxylic acid groups (broad SMARTS) is 1. The number of rotatable bonds is 7. The van der Waals surface area contributed by atoms with Crippen LogP contribution in [0.4, 0.5) is 5.69 Å². The van der Waals surface area contributed by atoms with Crippen molar-refractivity contribution >= 4 is 34.8 Å². The Morgan fingerprint density at radius 1 is 1.19 bits per heavy atom. The second-order valence-corrected chi connectivity index (χ2v) is 4.61. The second-order valence-electron chi connectivity index (χ2n) is 4.23. The highest BCUT2D eigenvalue weighted by Gasteiger charge is 2.16. The summed E-state index contributed by atoms with van der Waals surface area (Å²) < 4.78 is 0. The molecule has 5 nitrogen and oxygen atoms in total. The van der Waals surface area contributed by atoms with E-state index in [1.165, 1.54) is 18.3 Å². The van der Waals surface area contributed by atoms with Crippen LogP contribution in [0.3, 0.4) is 0 Å². The summed E-state index contributed by atoms with van der Waals surface area (Å²) in [7, 11) is 0. The molecule has 0 saturated carbocycles. The van der Waals surface area contributed by atoms with Crippen molar-refractivity contribution in [3.8, 4) is 0 Å². The molecule has 21 heavy (non-hydrogen) atoms. The molecule has 0 saturated heterocycles. The first-order valence-electron chi connectivity index (χ1n) is 6.47. The quantitative estimate of drug-likeness (QED) is 0.459. The van der Waals surface area contributed by atoms with Crippen LogP contribution < -0.4 is 5.32 Å². The van der Waals surface area contributed by atoms with E-state index in [0.29, 0.717) is 5.69 Å². The molecule has 0 amide bonds. The minimum absolute atomic E-state index is 0.0218. The van der Waals surface area contributed by atoms with Crippen LogP contribution in [-0.4, -0.2) is 22.6 Å². The lowest BCUT2D eigenvalue weighted by atomic mass is 10.0. The van der Waals surface area contributed by atoms with Crippen molar-refractivity contribution in [2.24, 2.45) is 0 Å². The van der Waals surface area contributed by atoms with E-state index in [-0.39, 0.29) is 40.6 Å². The van der Waals surface area contributed by atoms with Gasteiger partial charge < -0.3 is 10.4 Å². The number of hydrogen-bond donors (Lipinski definition) is 2. The molecule has 112 valence electrons. The SMILES string of the molecule is CCC(=O)C(=CNc1cccc(C(=O)O)c1Cl)C(=O)CC. The van der Waals surface area contributed by atoms with E-state index in [1.54, 1.807) is 19.9 Å². The topological polar surface area (TPSA) is 83.5 Å². The van der Waals surface area contributed by atoms with Crippen molar-refractivity contribution < 1.29 is 19.5 Å². The molecular formula is C15H16ClNO4. The van der Waals surface area contributed by atoms with Crippen molar-refractivity contribution in [3.05, 3.63) is 40.6 Å². The predicted molar refractivity (Wildman–Crippen MR) is 80.7 cm³/mol. The fourth-order valence-corrected chi connectivity index (χ4v) is 1.92. The van der Waals surface area contributed by atoms with Gasteiger partial charge in [0.25, 0.3) is 0 Å². The van der Waals surface area contributed by atoms with Gasteiger partial charge in [0.2, 0.25) is 0 Å². The zero-order chi connectivity index (χ0) is 16.0. The van der Waals surface area contributed by atoms with Crippen molar-refractivity contribution in [3.63, 3.8) is 0 Å². The number of anilines is 1. The van der Waals surface area contributed by atoms with Gasteiger partial charge in [-0.15, -0.1) is 0 Å². The molecular weight excluding hydrogens is 294 g/mol. The van der Waals surface area contributed by atoms with E-state index < -0.39 is 5.97 Å². The Balaban J connectivity index is 3.12. The molecule has 0 radical (unpaired) electrons. The van der Waals surface area contributed by atoms with Gasteiger partial charge in [-0.3, -0.25) is 9.59 Å². The average Bonchev–Trinajstić information content (AvgIpc) is 2.47. The summed E-state index contributed by atoms with van der Waals surface area (Å²) in [5.74, 6) is -1.71. The number of carbonyl (C=O) groups excluding carboxylic acids is 2. The number of benzene rings is 1. The van der Waals surface area contributed by atoms with Crippen LogP contribution in [0.1, 0.15) is 37.0 Å². The number of carboxylic acids is 1. The molecule has 0 fully saturated rings. The monoisotopic (exact) mass is 309 g/mol. The van der Waals surface area contributed by atoms with E-state index >= 15 is 0 Å². The minimum atomic E-state index is -1.15. The first kappa shape index (κ1) is 16.9. The third-order valence-electron chi connectivity index (χ3n) is 2.84. The summed E-state index contributed by atoms with van der Waals surface area (Å²) in [6.45, 7) is 3.33. The highest BCUT2D eigenvalue weighted by Crippen LogP contribution is 2.26. The maximum absolute atomic E-state index is 11.7. The van der Waals surface area contributed by atoms with E-state index in [2.05, 4.69) is 5.32 Å². The zero-order valence-electron chi connectivity index (χ0n) is 11.8. The van der Waals surface area contributed by atoms with E-state index in [1.807, 2.05) is 0 Å². The molecule has 6 heteroatoms. The third-order valence-corrected chi connectivity index (χ3v) is 3.25. The van der Waals surface area contributed by atoms with Crippen LogP contribution in [0.2, 0.25) is 5.02 Å².